The van der Waals surface area contributed by atoms with Crippen molar-refractivity contribution in [2.45, 2.75) is 23.3 Å². The van der Waals surface area contributed by atoms with Crippen LogP contribution in [0.4, 0.5) is 5.69 Å². The van der Waals surface area contributed by atoms with Crippen molar-refractivity contribution in [2.24, 2.45) is 4.99 Å². The van der Waals surface area contributed by atoms with E-state index in [9.17, 15) is 8.42 Å². The van der Waals surface area contributed by atoms with Crippen LogP contribution in [0, 0.1) is 0 Å². The number of aromatic nitrogens is 1. The molecule has 1 aromatic heterocycles. The van der Waals surface area contributed by atoms with E-state index in [-0.39, 0.29) is 4.90 Å². The molecule has 0 atom stereocenters. The first-order valence-corrected chi connectivity index (χ1v) is 11.2. The van der Waals surface area contributed by atoms with Gasteiger partial charge in [0.2, 0.25) is 4.80 Å². The van der Waals surface area contributed by atoms with Crippen LogP contribution in [-0.4, -0.2) is 18.6 Å². The van der Waals surface area contributed by atoms with E-state index in [1.54, 1.807) is 30.3 Å². The zero-order chi connectivity index (χ0) is 17.9. The highest BCUT2D eigenvalue weighted by atomic mass is 32.2. The van der Waals surface area contributed by atoms with Crippen molar-refractivity contribution in [2.75, 3.05) is 6.26 Å². The maximum atomic E-state index is 13.3. The van der Waals surface area contributed by atoms with E-state index in [4.69, 9.17) is 0 Å². The summed E-state index contributed by atoms with van der Waals surface area (Å²) in [6, 6.07) is 17.9. The lowest BCUT2D eigenvalue weighted by Gasteiger charge is -2.09. The van der Waals surface area contributed by atoms with Gasteiger partial charge in [0.25, 0.3) is 10.0 Å². The Bertz CT molecular complexity index is 1020. The molecule has 4 nitrogen and oxygen atoms in total. The monoisotopic (exact) mass is 390 g/mol. The van der Waals surface area contributed by atoms with Gasteiger partial charge in [-0.05, 0) is 36.9 Å². The molecule has 0 amide bonds. The first-order valence-electron chi connectivity index (χ1n) is 7.77. The van der Waals surface area contributed by atoms with Crippen LogP contribution >= 0.6 is 23.1 Å². The van der Waals surface area contributed by atoms with E-state index in [0.29, 0.717) is 4.80 Å². The van der Waals surface area contributed by atoms with Crippen molar-refractivity contribution in [3.63, 3.8) is 0 Å². The van der Waals surface area contributed by atoms with Crippen molar-refractivity contribution in [1.82, 2.24) is 3.97 Å². The number of hydrogen-bond acceptors (Lipinski definition) is 5. The second kappa shape index (κ2) is 7.59. The molecule has 0 saturated carbocycles. The molecule has 7 heteroatoms. The molecule has 2 aromatic carbocycles. The third-order valence-corrected chi connectivity index (χ3v) is 7.65. The fourth-order valence-electron chi connectivity index (χ4n) is 2.41. The highest BCUT2D eigenvalue weighted by Crippen LogP contribution is 2.28. The minimum absolute atomic E-state index is 0.264. The van der Waals surface area contributed by atoms with Crippen LogP contribution in [0.15, 0.2) is 75.6 Å². The first-order chi connectivity index (χ1) is 12.1. The average Bonchev–Trinajstić information content (AvgIpc) is 3.01. The van der Waals surface area contributed by atoms with Crippen LogP contribution < -0.4 is 4.80 Å². The number of para-hydroxylation sites is 1. The normalized spacial score (nSPS) is 12.5. The van der Waals surface area contributed by atoms with Gasteiger partial charge in [-0.3, -0.25) is 0 Å². The molecule has 0 bridgehead atoms. The third-order valence-electron chi connectivity index (χ3n) is 3.59. The first kappa shape index (κ1) is 18.0. The van der Waals surface area contributed by atoms with Gasteiger partial charge in [-0.2, -0.15) is 0 Å². The number of nitrogens with zero attached hydrogens (tertiary/aromatic N) is 2. The Balaban J connectivity index is 2.32. The quantitative estimate of drug-likeness (QED) is 0.610. The molecule has 130 valence electrons. The van der Waals surface area contributed by atoms with Crippen molar-refractivity contribution >= 4 is 38.8 Å². The minimum Gasteiger partial charge on any atom is -0.220 e. The summed E-state index contributed by atoms with van der Waals surface area (Å²) in [5.41, 5.74) is 0.732. The summed E-state index contributed by atoms with van der Waals surface area (Å²) in [4.78, 5) is 6.35. The standard InChI is InChI=1S/C18H18N2O2S3/c1-3-16-17(23-2)20(25(21,22)15-12-8-5-9-13-15)18(24-16)19-14-10-6-4-7-11-14/h4-13H,3H2,1-2H3. The molecule has 0 aliphatic heterocycles. The molecular weight excluding hydrogens is 372 g/mol. The second-order valence-electron chi connectivity index (χ2n) is 5.20. The summed E-state index contributed by atoms with van der Waals surface area (Å²) < 4.78 is 27.9. The number of rotatable bonds is 5. The van der Waals surface area contributed by atoms with Crippen molar-refractivity contribution < 1.29 is 8.42 Å². The largest absolute Gasteiger partial charge is 0.270 e. The average molecular weight is 391 g/mol. The highest BCUT2D eigenvalue weighted by molar-refractivity contribution is 7.99. The lowest BCUT2D eigenvalue weighted by Crippen LogP contribution is -2.24. The summed E-state index contributed by atoms with van der Waals surface area (Å²) in [6.07, 6.45) is 2.65. The Hall–Kier alpha value is -1.83. The maximum Gasteiger partial charge on any atom is 0.270 e. The van der Waals surface area contributed by atoms with Crippen molar-refractivity contribution in [3.05, 3.63) is 70.3 Å². The Morgan fingerprint density at radius 2 is 1.64 bits per heavy atom. The van der Waals surface area contributed by atoms with E-state index in [1.807, 2.05) is 43.5 Å². The maximum absolute atomic E-state index is 13.3. The van der Waals surface area contributed by atoms with E-state index in [1.165, 1.54) is 27.1 Å². The van der Waals surface area contributed by atoms with Crippen LogP contribution in [0.2, 0.25) is 0 Å². The fraction of sp³-hybridized carbons (Fsp3) is 0.167. The number of thioether (sulfide) groups is 1. The molecule has 3 rings (SSSR count). The van der Waals surface area contributed by atoms with Gasteiger partial charge in [-0.1, -0.05) is 54.7 Å². The fourth-order valence-corrected chi connectivity index (χ4v) is 6.60. The molecule has 0 radical (unpaired) electrons. The van der Waals surface area contributed by atoms with Crippen LogP contribution in [0.3, 0.4) is 0 Å². The summed E-state index contributed by atoms with van der Waals surface area (Å²) in [5, 5.41) is 0.728. The molecular formula is C18H18N2O2S3. The zero-order valence-corrected chi connectivity index (χ0v) is 16.4. The summed E-state index contributed by atoms with van der Waals surface area (Å²) in [5.74, 6) is 0. The minimum atomic E-state index is -3.71. The zero-order valence-electron chi connectivity index (χ0n) is 13.9. The molecule has 0 aliphatic rings. The molecule has 0 spiro atoms. The Labute approximate surface area is 155 Å². The van der Waals surface area contributed by atoms with Gasteiger partial charge in [0, 0.05) is 4.88 Å². The molecule has 0 saturated heterocycles. The molecule has 1 heterocycles. The Kier molecular flexibility index (Phi) is 5.46. The number of thiazole rings is 1. The molecule has 0 N–H and O–H groups in total. The van der Waals surface area contributed by atoms with Gasteiger partial charge in [-0.15, -0.1) is 11.8 Å². The topological polar surface area (TPSA) is 51.4 Å². The van der Waals surface area contributed by atoms with Crippen molar-refractivity contribution in [1.29, 1.82) is 0 Å². The highest BCUT2D eigenvalue weighted by Gasteiger charge is 2.24. The molecule has 0 fully saturated rings. The van der Waals surface area contributed by atoms with E-state index < -0.39 is 10.0 Å². The SMILES string of the molecule is CCc1sc(=Nc2ccccc2)n(S(=O)(=O)c2ccccc2)c1SC. The number of hydrogen-bond donors (Lipinski definition) is 0. The van der Waals surface area contributed by atoms with Gasteiger partial charge < -0.3 is 0 Å². The second-order valence-corrected chi connectivity index (χ2v) is 8.84. The van der Waals surface area contributed by atoms with Gasteiger partial charge >= 0.3 is 0 Å². The predicted molar refractivity (Wildman–Crippen MR) is 104 cm³/mol. The van der Waals surface area contributed by atoms with Gasteiger partial charge in [-0.25, -0.2) is 17.4 Å². The predicted octanol–water partition coefficient (Wildman–Crippen LogP) is 4.30. The molecule has 0 unspecified atom stereocenters. The van der Waals surface area contributed by atoms with Crippen LogP contribution in [0.1, 0.15) is 11.8 Å². The van der Waals surface area contributed by atoms with Gasteiger partial charge in [0.05, 0.1) is 10.6 Å². The van der Waals surface area contributed by atoms with E-state index >= 15 is 0 Å². The van der Waals surface area contributed by atoms with Gasteiger partial charge in [0.15, 0.2) is 0 Å². The number of benzene rings is 2. The van der Waals surface area contributed by atoms with Crippen LogP contribution in [-0.2, 0) is 16.4 Å². The Morgan fingerprint density at radius 1 is 1.04 bits per heavy atom. The smallest absolute Gasteiger partial charge is 0.220 e. The summed E-state index contributed by atoms with van der Waals surface area (Å²) in [7, 11) is -3.71. The molecule has 3 aromatic rings. The summed E-state index contributed by atoms with van der Waals surface area (Å²) in [6.45, 7) is 2.03. The van der Waals surface area contributed by atoms with Crippen LogP contribution in [0.25, 0.3) is 0 Å². The van der Waals surface area contributed by atoms with E-state index in [2.05, 4.69) is 4.99 Å². The molecule has 25 heavy (non-hydrogen) atoms. The molecule has 0 aliphatic carbocycles. The van der Waals surface area contributed by atoms with Crippen molar-refractivity contribution in [3.8, 4) is 0 Å². The number of aryl methyl sites for hydroxylation is 1. The third kappa shape index (κ3) is 3.58. The van der Waals surface area contributed by atoms with E-state index in [0.717, 1.165) is 22.0 Å². The lowest BCUT2D eigenvalue weighted by atomic mass is 10.3. The summed E-state index contributed by atoms with van der Waals surface area (Å²) >= 11 is 2.86. The Morgan fingerprint density at radius 3 is 2.20 bits per heavy atom. The van der Waals surface area contributed by atoms with Crippen LogP contribution in [0.5, 0.6) is 0 Å². The lowest BCUT2D eigenvalue weighted by molar-refractivity contribution is 0.581. The van der Waals surface area contributed by atoms with Gasteiger partial charge in [0.1, 0.15) is 5.03 Å².